The number of morpholine rings is 1. The summed E-state index contributed by atoms with van der Waals surface area (Å²) < 4.78 is 5.23. The molecule has 0 aliphatic carbocycles. The molecule has 1 aromatic carbocycles. The monoisotopic (exact) mass is 249 g/mol. The zero-order valence-electron chi connectivity index (χ0n) is 10.8. The van der Waals surface area contributed by atoms with E-state index in [1.807, 2.05) is 6.07 Å². The van der Waals surface area contributed by atoms with Crippen molar-refractivity contribution < 1.29 is 14.6 Å². The Morgan fingerprint density at radius 3 is 2.72 bits per heavy atom. The molecule has 2 rings (SSSR count). The van der Waals surface area contributed by atoms with Crippen molar-refractivity contribution in [1.82, 2.24) is 4.90 Å². The maximum atomic E-state index is 10.9. The van der Waals surface area contributed by atoms with Crippen LogP contribution >= 0.6 is 0 Å². The van der Waals surface area contributed by atoms with Gasteiger partial charge in [-0.05, 0) is 30.5 Å². The lowest BCUT2D eigenvalue weighted by molar-refractivity contribution is -0.156. The number of carboxylic acid groups (broad SMARTS) is 1. The predicted molar refractivity (Wildman–Crippen MR) is 68.6 cm³/mol. The molecule has 98 valence electrons. The lowest BCUT2D eigenvalue weighted by atomic mass is 10.0. The quantitative estimate of drug-likeness (QED) is 0.883. The Kier molecular flexibility index (Phi) is 3.99. The Balaban J connectivity index is 2.07. The summed E-state index contributed by atoms with van der Waals surface area (Å²) in [4.78, 5) is 13.1. The molecule has 1 N–H and O–H groups in total. The molecule has 1 unspecified atom stereocenters. The molecule has 1 fully saturated rings. The molecule has 1 aromatic rings. The normalized spacial score (nSPS) is 20.9. The molecule has 4 heteroatoms. The lowest BCUT2D eigenvalue weighted by Crippen LogP contribution is -2.45. The van der Waals surface area contributed by atoms with E-state index in [1.54, 1.807) is 0 Å². The van der Waals surface area contributed by atoms with E-state index in [4.69, 9.17) is 9.84 Å². The highest BCUT2D eigenvalue weighted by Gasteiger charge is 2.26. The van der Waals surface area contributed by atoms with Crippen molar-refractivity contribution >= 4 is 5.97 Å². The van der Waals surface area contributed by atoms with Crippen molar-refractivity contribution in [2.45, 2.75) is 26.5 Å². The molecule has 4 nitrogen and oxygen atoms in total. The van der Waals surface area contributed by atoms with Crippen LogP contribution in [0.15, 0.2) is 18.2 Å². The first-order valence-corrected chi connectivity index (χ1v) is 6.20. The minimum atomic E-state index is -0.874. The number of hydrogen-bond donors (Lipinski definition) is 1. The van der Waals surface area contributed by atoms with E-state index in [9.17, 15) is 4.79 Å². The second-order valence-electron chi connectivity index (χ2n) is 4.80. The third-order valence-electron chi connectivity index (χ3n) is 3.45. The molecule has 0 amide bonds. The van der Waals surface area contributed by atoms with E-state index >= 15 is 0 Å². The van der Waals surface area contributed by atoms with Crippen LogP contribution in [-0.2, 0) is 16.1 Å². The Bertz CT molecular complexity index is 424. The highest BCUT2D eigenvalue weighted by molar-refractivity contribution is 5.72. The van der Waals surface area contributed by atoms with Crippen LogP contribution < -0.4 is 0 Å². The van der Waals surface area contributed by atoms with Crippen molar-refractivity contribution in [3.8, 4) is 0 Å². The van der Waals surface area contributed by atoms with E-state index in [1.165, 1.54) is 16.7 Å². The number of nitrogens with zero attached hydrogens (tertiary/aromatic N) is 1. The van der Waals surface area contributed by atoms with Crippen molar-refractivity contribution in [2.24, 2.45) is 0 Å². The lowest BCUT2D eigenvalue weighted by Gasteiger charge is -2.31. The number of carboxylic acids is 1. The molecule has 1 aliphatic rings. The number of benzene rings is 1. The van der Waals surface area contributed by atoms with Gasteiger partial charge in [-0.2, -0.15) is 0 Å². The van der Waals surface area contributed by atoms with Crippen LogP contribution in [0.2, 0.25) is 0 Å². The molecule has 1 saturated heterocycles. The van der Waals surface area contributed by atoms with Gasteiger partial charge in [-0.15, -0.1) is 0 Å². The average Bonchev–Trinajstić information content (AvgIpc) is 2.34. The first kappa shape index (κ1) is 13.1. The van der Waals surface area contributed by atoms with Gasteiger partial charge in [0, 0.05) is 19.6 Å². The molecule has 0 aromatic heterocycles. The number of aryl methyl sites for hydroxylation is 2. The Morgan fingerprint density at radius 2 is 2.11 bits per heavy atom. The highest BCUT2D eigenvalue weighted by atomic mass is 16.5. The molecule has 1 atom stereocenters. The van der Waals surface area contributed by atoms with Crippen LogP contribution in [0.1, 0.15) is 16.7 Å². The van der Waals surface area contributed by atoms with Crippen molar-refractivity contribution in [3.05, 3.63) is 34.9 Å². The molecule has 0 spiro atoms. The SMILES string of the molecule is Cc1cccc(C)c1CN1CCOC(C(=O)O)C1. The Hall–Kier alpha value is -1.39. The Labute approximate surface area is 107 Å². The summed E-state index contributed by atoms with van der Waals surface area (Å²) >= 11 is 0. The Morgan fingerprint density at radius 1 is 1.44 bits per heavy atom. The van der Waals surface area contributed by atoms with Crippen LogP contribution in [0.25, 0.3) is 0 Å². The third-order valence-corrected chi connectivity index (χ3v) is 3.45. The van der Waals surface area contributed by atoms with Crippen molar-refractivity contribution in [3.63, 3.8) is 0 Å². The number of carbonyl (C=O) groups is 1. The van der Waals surface area contributed by atoms with Gasteiger partial charge in [0.25, 0.3) is 0 Å². The summed E-state index contributed by atoms with van der Waals surface area (Å²) in [5.74, 6) is -0.874. The number of rotatable bonds is 3. The molecular weight excluding hydrogens is 230 g/mol. The molecule has 0 bridgehead atoms. The summed E-state index contributed by atoms with van der Waals surface area (Å²) in [6.45, 7) is 6.73. The standard InChI is InChI=1S/C14H19NO3/c1-10-4-3-5-11(2)12(10)8-15-6-7-18-13(9-15)14(16)17/h3-5,13H,6-9H2,1-2H3,(H,16,17). The van der Waals surface area contributed by atoms with Crippen LogP contribution in [0.3, 0.4) is 0 Å². The van der Waals surface area contributed by atoms with Gasteiger partial charge >= 0.3 is 5.97 Å². The van der Waals surface area contributed by atoms with Gasteiger partial charge < -0.3 is 9.84 Å². The highest BCUT2D eigenvalue weighted by Crippen LogP contribution is 2.17. The molecular formula is C14H19NO3. The summed E-state index contributed by atoms with van der Waals surface area (Å²) in [6.07, 6.45) is -0.692. The summed E-state index contributed by atoms with van der Waals surface area (Å²) in [6, 6.07) is 6.24. The van der Waals surface area contributed by atoms with Crippen LogP contribution in [0.5, 0.6) is 0 Å². The molecule has 0 radical (unpaired) electrons. The second-order valence-corrected chi connectivity index (χ2v) is 4.80. The van der Waals surface area contributed by atoms with E-state index in [-0.39, 0.29) is 0 Å². The minimum absolute atomic E-state index is 0.461. The van der Waals surface area contributed by atoms with Gasteiger partial charge in [0.15, 0.2) is 6.10 Å². The van der Waals surface area contributed by atoms with Gasteiger partial charge in [0.05, 0.1) is 6.61 Å². The molecule has 1 heterocycles. The first-order chi connectivity index (χ1) is 8.58. The fraction of sp³-hybridized carbons (Fsp3) is 0.500. The smallest absolute Gasteiger partial charge is 0.334 e. The topological polar surface area (TPSA) is 49.8 Å². The fourth-order valence-corrected chi connectivity index (χ4v) is 2.32. The number of hydrogen-bond acceptors (Lipinski definition) is 3. The van der Waals surface area contributed by atoms with Gasteiger partial charge in [-0.1, -0.05) is 18.2 Å². The van der Waals surface area contributed by atoms with Gasteiger partial charge in [-0.3, -0.25) is 4.90 Å². The third kappa shape index (κ3) is 2.89. The predicted octanol–water partition coefficient (Wildman–Crippen LogP) is 1.59. The van der Waals surface area contributed by atoms with E-state index in [0.717, 1.165) is 13.1 Å². The van der Waals surface area contributed by atoms with E-state index < -0.39 is 12.1 Å². The van der Waals surface area contributed by atoms with Crippen molar-refractivity contribution in [1.29, 1.82) is 0 Å². The number of ether oxygens (including phenoxy) is 1. The van der Waals surface area contributed by atoms with Gasteiger partial charge in [-0.25, -0.2) is 4.79 Å². The maximum Gasteiger partial charge on any atom is 0.334 e. The summed E-state index contributed by atoms with van der Waals surface area (Å²) in [5, 5.41) is 8.98. The minimum Gasteiger partial charge on any atom is -0.479 e. The molecule has 18 heavy (non-hydrogen) atoms. The van der Waals surface area contributed by atoms with Gasteiger partial charge in [0.1, 0.15) is 0 Å². The molecule has 0 saturated carbocycles. The van der Waals surface area contributed by atoms with Crippen molar-refractivity contribution in [2.75, 3.05) is 19.7 Å². The second kappa shape index (κ2) is 5.50. The van der Waals surface area contributed by atoms with Crippen LogP contribution in [0.4, 0.5) is 0 Å². The number of aliphatic carboxylic acids is 1. The summed E-state index contributed by atoms with van der Waals surface area (Å²) in [7, 11) is 0. The maximum absolute atomic E-state index is 10.9. The summed E-state index contributed by atoms with van der Waals surface area (Å²) in [5.41, 5.74) is 3.81. The zero-order valence-corrected chi connectivity index (χ0v) is 10.8. The van der Waals surface area contributed by atoms with E-state index in [0.29, 0.717) is 13.2 Å². The largest absolute Gasteiger partial charge is 0.479 e. The first-order valence-electron chi connectivity index (χ1n) is 6.20. The van der Waals surface area contributed by atoms with E-state index in [2.05, 4.69) is 30.9 Å². The van der Waals surface area contributed by atoms with Crippen LogP contribution in [0, 0.1) is 13.8 Å². The van der Waals surface area contributed by atoms with Crippen LogP contribution in [-0.4, -0.2) is 41.8 Å². The zero-order chi connectivity index (χ0) is 13.1. The fourth-order valence-electron chi connectivity index (χ4n) is 2.32. The molecule has 1 aliphatic heterocycles. The average molecular weight is 249 g/mol. The van der Waals surface area contributed by atoms with Gasteiger partial charge in [0.2, 0.25) is 0 Å².